The van der Waals surface area contributed by atoms with Crippen molar-refractivity contribution in [2.24, 2.45) is 0 Å². The number of fused-ring (bicyclic) bond motifs is 1. The number of amides is 4. The largest absolute Gasteiger partial charge is 0.371 e. The fourth-order valence-electron chi connectivity index (χ4n) is 2.50. The molecule has 1 aromatic rings. The van der Waals surface area contributed by atoms with Gasteiger partial charge in [-0.15, -0.1) is 0 Å². The summed E-state index contributed by atoms with van der Waals surface area (Å²) in [7, 11) is 0. The zero-order valence-electron chi connectivity index (χ0n) is 11.1. The smallest absolute Gasteiger partial charge is 0.325 e. The third kappa shape index (κ3) is 2.60. The van der Waals surface area contributed by atoms with Crippen molar-refractivity contribution < 1.29 is 14.3 Å². The highest BCUT2D eigenvalue weighted by molar-refractivity contribution is 5.94. The van der Waals surface area contributed by atoms with E-state index in [1.165, 1.54) is 16.0 Å². The Labute approximate surface area is 117 Å². The Morgan fingerprint density at radius 2 is 2.20 bits per heavy atom. The molecule has 4 amide bonds. The number of hydrogen-bond acceptors (Lipinski definition) is 3. The van der Waals surface area contributed by atoms with E-state index in [-0.39, 0.29) is 18.2 Å². The lowest BCUT2D eigenvalue weighted by molar-refractivity contribution is 0.0300. The summed E-state index contributed by atoms with van der Waals surface area (Å²) < 4.78 is 5.71. The van der Waals surface area contributed by atoms with Crippen LogP contribution in [0.25, 0.3) is 0 Å². The van der Waals surface area contributed by atoms with Gasteiger partial charge in [-0.3, -0.25) is 0 Å². The van der Waals surface area contributed by atoms with E-state index in [0.29, 0.717) is 26.2 Å². The molecule has 106 valence electrons. The second-order valence-electron chi connectivity index (χ2n) is 4.98. The van der Waals surface area contributed by atoms with Crippen molar-refractivity contribution in [3.8, 4) is 0 Å². The van der Waals surface area contributed by atoms with Gasteiger partial charge < -0.3 is 15.4 Å². The summed E-state index contributed by atoms with van der Waals surface area (Å²) in [5.41, 5.74) is 2.46. The highest BCUT2D eigenvalue weighted by Crippen LogP contribution is 2.19. The van der Waals surface area contributed by atoms with E-state index in [0.717, 1.165) is 6.42 Å². The Bertz CT molecular complexity index is 532. The maximum Gasteiger partial charge on any atom is 0.325 e. The standard InChI is InChI=1S/C14H17N3O3/c18-13-15-5-6-17(13)14(19)16-8-12-7-10-3-1-2-4-11(10)9-20-12/h1-4,12H,5-9H2,(H,15,18)(H,16,19)/t12-/m0/s1. The predicted octanol–water partition coefficient (Wildman–Crippen LogP) is 0.863. The van der Waals surface area contributed by atoms with Gasteiger partial charge in [-0.05, 0) is 11.1 Å². The number of imide groups is 1. The van der Waals surface area contributed by atoms with Gasteiger partial charge in [-0.2, -0.15) is 0 Å². The summed E-state index contributed by atoms with van der Waals surface area (Å²) in [5.74, 6) is 0. The van der Waals surface area contributed by atoms with Crippen LogP contribution in [0.4, 0.5) is 9.59 Å². The minimum atomic E-state index is -0.359. The Hall–Kier alpha value is -2.08. The molecule has 20 heavy (non-hydrogen) atoms. The lowest BCUT2D eigenvalue weighted by Gasteiger charge is -2.26. The molecule has 2 N–H and O–H groups in total. The van der Waals surface area contributed by atoms with Gasteiger partial charge in [0.05, 0.1) is 12.7 Å². The van der Waals surface area contributed by atoms with E-state index >= 15 is 0 Å². The number of ether oxygens (including phenoxy) is 1. The molecule has 6 heteroatoms. The molecule has 1 saturated heterocycles. The Balaban J connectivity index is 1.53. The molecule has 2 aliphatic heterocycles. The second kappa shape index (κ2) is 5.50. The minimum absolute atomic E-state index is 0.0421. The van der Waals surface area contributed by atoms with E-state index in [4.69, 9.17) is 4.74 Å². The fourth-order valence-corrected chi connectivity index (χ4v) is 2.50. The molecule has 0 spiro atoms. The highest BCUT2D eigenvalue weighted by Gasteiger charge is 2.27. The van der Waals surface area contributed by atoms with Crippen molar-refractivity contribution in [3.63, 3.8) is 0 Å². The van der Waals surface area contributed by atoms with Crippen LogP contribution in [-0.2, 0) is 17.8 Å². The topological polar surface area (TPSA) is 70.7 Å². The molecule has 0 aliphatic carbocycles. The first-order valence-corrected chi connectivity index (χ1v) is 6.75. The molecule has 0 bridgehead atoms. The summed E-state index contributed by atoms with van der Waals surface area (Å²) in [5, 5.41) is 5.35. The van der Waals surface area contributed by atoms with Crippen LogP contribution in [-0.4, -0.2) is 42.7 Å². The van der Waals surface area contributed by atoms with E-state index in [1.807, 2.05) is 12.1 Å². The predicted molar refractivity (Wildman–Crippen MR) is 72.2 cm³/mol. The molecule has 0 radical (unpaired) electrons. The number of hydrogen-bond donors (Lipinski definition) is 2. The van der Waals surface area contributed by atoms with Crippen LogP contribution in [0.1, 0.15) is 11.1 Å². The summed E-state index contributed by atoms with van der Waals surface area (Å²) in [6.45, 7) is 1.91. The van der Waals surface area contributed by atoms with Gasteiger partial charge in [-0.25, -0.2) is 14.5 Å². The van der Waals surface area contributed by atoms with Gasteiger partial charge >= 0.3 is 12.1 Å². The van der Waals surface area contributed by atoms with Gasteiger partial charge in [0, 0.05) is 26.1 Å². The quantitative estimate of drug-likeness (QED) is 0.841. The van der Waals surface area contributed by atoms with Crippen LogP contribution in [0, 0.1) is 0 Å². The molecule has 1 aromatic carbocycles. The molecule has 1 fully saturated rings. The zero-order chi connectivity index (χ0) is 13.9. The van der Waals surface area contributed by atoms with Crippen LogP contribution < -0.4 is 10.6 Å². The van der Waals surface area contributed by atoms with Crippen molar-refractivity contribution in [1.29, 1.82) is 0 Å². The average Bonchev–Trinajstić information content (AvgIpc) is 2.91. The molecular formula is C14H17N3O3. The lowest BCUT2D eigenvalue weighted by atomic mass is 9.99. The van der Waals surface area contributed by atoms with Crippen LogP contribution in [0.3, 0.4) is 0 Å². The maximum atomic E-state index is 11.8. The van der Waals surface area contributed by atoms with Crippen LogP contribution in [0.2, 0.25) is 0 Å². The number of carbonyl (C=O) groups is 2. The molecule has 6 nitrogen and oxygen atoms in total. The van der Waals surface area contributed by atoms with Gasteiger partial charge in [0.2, 0.25) is 0 Å². The molecule has 0 unspecified atom stereocenters. The summed E-state index contributed by atoms with van der Waals surface area (Å²) >= 11 is 0. The Morgan fingerprint density at radius 3 is 2.95 bits per heavy atom. The van der Waals surface area contributed by atoms with Gasteiger partial charge in [0.1, 0.15) is 0 Å². The average molecular weight is 275 g/mol. The Morgan fingerprint density at radius 1 is 1.40 bits per heavy atom. The second-order valence-corrected chi connectivity index (χ2v) is 4.98. The monoisotopic (exact) mass is 275 g/mol. The SMILES string of the molecule is O=C1NCCN1C(=O)NC[C@@H]1Cc2ccccc2CO1. The summed E-state index contributed by atoms with van der Waals surface area (Å²) in [6.07, 6.45) is 0.738. The van der Waals surface area contributed by atoms with Crippen molar-refractivity contribution >= 4 is 12.1 Å². The van der Waals surface area contributed by atoms with Crippen LogP contribution in [0.15, 0.2) is 24.3 Å². The molecule has 3 rings (SSSR count). The molecule has 1 atom stereocenters. The molecule has 0 aromatic heterocycles. The van der Waals surface area contributed by atoms with Gasteiger partial charge in [0.25, 0.3) is 0 Å². The number of rotatable bonds is 2. The van der Waals surface area contributed by atoms with E-state index in [9.17, 15) is 9.59 Å². The first-order valence-electron chi connectivity index (χ1n) is 6.75. The third-order valence-electron chi connectivity index (χ3n) is 3.62. The van der Waals surface area contributed by atoms with Crippen LogP contribution in [0.5, 0.6) is 0 Å². The van der Waals surface area contributed by atoms with E-state index < -0.39 is 0 Å². The summed E-state index contributed by atoms with van der Waals surface area (Å²) in [6, 6.07) is 7.45. The fraction of sp³-hybridized carbons (Fsp3) is 0.429. The minimum Gasteiger partial charge on any atom is -0.371 e. The van der Waals surface area contributed by atoms with Gasteiger partial charge in [0.15, 0.2) is 0 Å². The molecule has 2 heterocycles. The van der Waals surface area contributed by atoms with E-state index in [1.54, 1.807) is 0 Å². The van der Waals surface area contributed by atoms with Gasteiger partial charge in [-0.1, -0.05) is 24.3 Å². The molecule has 0 saturated carbocycles. The van der Waals surface area contributed by atoms with E-state index in [2.05, 4.69) is 22.8 Å². The number of nitrogens with one attached hydrogen (secondary N) is 2. The number of urea groups is 2. The third-order valence-corrected chi connectivity index (χ3v) is 3.62. The summed E-state index contributed by atoms with van der Waals surface area (Å²) in [4.78, 5) is 24.4. The normalized spacial score (nSPS) is 21.3. The number of carbonyl (C=O) groups excluding carboxylic acids is 2. The molecule has 2 aliphatic rings. The first kappa shape index (κ1) is 12.9. The number of benzene rings is 1. The number of nitrogens with zero attached hydrogens (tertiary/aromatic N) is 1. The highest BCUT2D eigenvalue weighted by atomic mass is 16.5. The first-order chi connectivity index (χ1) is 9.74. The van der Waals surface area contributed by atoms with Crippen LogP contribution >= 0.6 is 0 Å². The molecular weight excluding hydrogens is 258 g/mol. The lowest BCUT2D eigenvalue weighted by Crippen LogP contribution is -2.45. The van der Waals surface area contributed by atoms with Crippen molar-refractivity contribution in [1.82, 2.24) is 15.5 Å². The Kier molecular flexibility index (Phi) is 3.56. The maximum absolute atomic E-state index is 11.8. The zero-order valence-corrected chi connectivity index (χ0v) is 11.1. The van der Waals surface area contributed by atoms with Crippen molar-refractivity contribution in [3.05, 3.63) is 35.4 Å². The van der Waals surface area contributed by atoms with Crippen molar-refractivity contribution in [2.45, 2.75) is 19.1 Å². The van der Waals surface area contributed by atoms with Crippen molar-refractivity contribution in [2.75, 3.05) is 19.6 Å².